The Balaban J connectivity index is 1.72. The fourth-order valence-electron chi connectivity index (χ4n) is 3.55. The molecule has 1 unspecified atom stereocenters. The second-order valence-electron chi connectivity index (χ2n) is 6.05. The first-order valence-electron chi connectivity index (χ1n) is 7.94. The van der Waals surface area contributed by atoms with Crippen LogP contribution in [0.15, 0.2) is 60.8 Å². The average molecular weight is 302 g/mol. The fourth-order valence-corrected chi connectivity index (χ4v) is 3.55. The maximum absolute atomic E-state index is 13.1. The molecule has 1 amide bonds. The molecule has 3 aromatic rings. The van der Waals surface area contributed by atoms with E-state index in [1.807, 2.05) is 42.3 Å². The monoisotopic (exact) mass is 302 g/mol. The lowest BCUT2D eigenvalue weighted by molar-refractivity contribution is 0.0732. The van der Waals surface area contributed by atoms with Crippen LogP contribution in [0.3, 0.4) is 0 Å². The van der Waals surface area contributed by atoms with E-state index in [-0.39, 0.29) is 11.9 Å². The summed E-state index contributed by atoms with van der Waals surface area (Å²) < 4.78 is 0. The third-order valence-corrected chi connectivity index (χ3v) is 4.77. The number of carbonyl (C=O) groups is 1. The molecule has 23 heavy (non-hydrogen) atoms. The van der Waals surface area contributed by atoms with Gasteiger partial charge in [0.05, 0.1) is 17.1 Å². The molecule has 0 radical (unpaired) electrons. The Morgan fingerprint density at radius 1 is 1.09 bits per heavy atom. The van der Waals surface area contributed by atoms with Crippen LogP contribution >= 0.6 is 0 Å². The van der Waals surface area contributed by atoms with Gasteiger partial charge in [-0.15, -0.1) is 0 Å². The van der Waals surface area contributed by atoms with E-state index in [1.54, 1.807) is 6.20 Å². The van der Waals surface area contributed by atoms with Gasteiger partial charge in [-0.25, -0.2) is 0 Å². The standard InChI is InChI=1S/C20H18N2O/c1-22(19-11-10-14-6-2-3-7-15(14)19)20(23)17-12-13-21-18-9-5-4-8-16(17)18/h2-9,12-13,19H,10-11H2,1H3. The van der Waals surface area contributed by atoms with Crippen LogP contribution in [0.4, 0.5) is 0 Å². The average Bonchev–Trinajstić information content (AvgIpc) is 3.04. The van der Waals surface area contributed by atoms with Gasteiger partial charge in [0, 0.05) is 18.6 Å². The summed E-state index contributed by atoms with van der Waals surface area (Å²) in [4.78, 5) is 19.3. The van der Waals surface area contributed by atoms with E-state index < -0.39 is 0 Å². The van der Waals surface area contributed by atoms with Crippen LogP contribution in [0.25, 0.3) is 10.9 Å². The largest absolute Gasteiger partial charge is 0.335 e. The number of hydrogen-bond donors (Lipinski definition) is 0. The Morgan fingerprint density at radius 2 is 1.87 bits per heavy atom. The molecule has 0 saturated heterocycles. The second kappa shape index (κ2) is 5.51. The molecule has 0 bridgehead atoms. The van der Waals surface area contributed by atoms with Gasteiger partial charge in [0.25, 0.3) is 5.91 Å². The highest BCUT2D eigenvalue weighted by molar-refractivity contribution is 6.06. The van der Waals surface area contributed by atoms with Gasteiger partial charge in [0.15, 0.2) is 0 Å². The van der Waals surface area contributed by atoms with E-state index in [2.05, 4.69) is 29.2 Å². The van der Waals surface area contributed by atoms with Crippen LogP contribution in [-0.2, 0) is 6.42 Å². The van der Waals surface area contributed by atoms with E-state index in [0.717, 1.165) is 29.3 Å². The Labute approximate surface area is 135 Å². The lowest BCUT2D eigenvalue weighted by Crippen LogP contribution is -2.30. The van der Waals surface area contributed by atoms with Crippen LogP contribution in [0.5, 0.6) is 0 Å². The smallest absolute Gasteiger partial charge is 0.254 e. The number of rotatable bonds is 2. The number of amides is 1. The maximum Gasteiger partial charge on any atom is 0.254 e. The Hall–Kier alpha value is -2.68. The number of aryl methyl sites for hydroxylation is 1. The minimum absolute atomic E-state index is 0.0605. The van der Waals surface area contributed by atoms with Gasteiger partial charge in [-0.05, 0) is 36.1 Å². The van der Waals surface area contributed by atoms with Crippen molar-refractivity contribution < 1.29 is 4.79 Å². The van der Waals surface area contributed by atoms with E-state index >= 15 is 0 Å². The predicted molar refractivity (Wildman–Crippen MR) is 91.3 cm³/mol. The van der Waals surface area contributed by atoms with E-state index in [0.29, 0.717) is 0 Å². The molecule has 2 aromatic carbocycles. The first-order valence-corrected chi connectivity index (χ1v) is 7.94. The van der Waals surface area contributed by atoms with Gasteiger partial charge >= 0.3 is 0 Å². The summed E-state index contributed by atoms with van der Waals surface area (Å²) in [5, 5.41) is 0.915. The van der Waals surface area contributed by atoms with Crippen LogP contribution in [0, 0.1) is 0 Å². The van der Waals surface area contributed by atoms with Gasteiger partial charge < -0.3 is 4.90 Å². The number of pyridine rings is 1. The quantitative estimate of drug-likeness (QED) is 0.717. The molecule has 3 nitrogen and oxygen atoms in total. The normalized spacial score (nSPS) is 16.3. The molecule has 1 heterocycles. The highest BCUT2D eigenvalue weighted by atomic mass is 16.2. The number of fused-ring (bicyclic) bond motifs is 2. The van der Waals surface area contributed by atoms with Crippen molar-refractivity contribution in [3.05, 3.63) is 77.5 Å². The lowest BCUT2D eigenvalue weighted by atomic mass is 10.0. The van der Waals surface area contributed by atoms with Crippen LogP contribution in [-0.4, -0.2) is 22.8 Å². The summed E-state index contributed by atoms with van der Waals surface area (Å²) >= 11 is 0. The fraction of sp³-hybridized carbons (Fsp3) is 0.200. The Bertz CT molecular complexity index is 882. The molecule has 0 saturated carbocycles. The molecule has 3 heteroatoms. The zero-order valence-corrected chi connectivity index (χ0v) is 13.1. The van der Waals surface area contributed by atoms with Crippen molar-refractivity contribution in [2.45, 2.75) is 18.9 Å². The molecule has 1 aromatic heterocycles. The summed E-state index contributed by atoms with van der Waals surface area (Å²) in [5.74, 6) is 0.0605. The summed E-state index contributed by atoms with van der Waals surface area (Å²) in [7, 11) is 1.91. The molecule has 0 fully saturated rings. The van der Waals surface area contributed by atoms with Crippen molar-refractivity contribution in [1.82, 2.24) is 9.88 Å². The predicted octanol–water partition coefficient (Wildman–Crippen LogP) is 3.99. The lowest BCUT2D eigenvalue weighted by Gasteiger charge is -2.26. The molecule has 0 aliphatic heterocycles. The molecule has 0 N–H and O–H groups in total. The highest BCUT2D eigenvalue weighted by Crippen LogP contribution is 2.35. The summed E-state index contributed by atoms with van der Waals surface area (Å²) in [6.07, 6.45) is 3.74. The number of benzene rings is 2. The first kappa shape index (κ1) is 13.9. The molecule has 1 aliphatic rings. The third-order valence-electron chi connectivity index (χ3n) is 4.77. The number of para-hydroxylation sites is 1. The van der Waals surface area contributed by atoms with E-state index in [1.165, 1.54) is 11.1 Å². The van der Waals surface area contributed by atoms with Crippen molar-refractivity contribution in [1.29, 1.82) is 0 Å². The third kappa shape index (κ3) is 2.29. The van der Waals surface area contributed by atoms with Gasteiger partial charge in [0.1, 0.15) is 0 Å². The number of hydrogen-bond acceptors (Lipinski definition) is 2. The highest BCUT2D eigenvalue weighted by Gasteiger charge is 2.29. The summed E-state index contributed by atoms with van der Waals surface area (Å²) in [5.41, 5.74) is 4.22. The Kier molecular flexibility index (Phi) is 3.34. The van der Waals surface area contributed by atoms with Crippen molar-refractivity contribution in [2.24, 2.45) is 0 Å². The molecular formula is C20H18N2O. The van der Waals surface area contributed by atoms with Crippen molar-refractivity contribution in [3.63, 3.8) is 0 Å². The van der Waals surface area contributed by atoms with Gasteiger partial charge in [0.2, 0.25) is 0 Å². The molecule has 4 rings (SSSR count). The number of aromatic nitrogens is 1. The first-order chi connectivity index (χ1) is 11.3. The molecule has 1 atom stereocenters. The van der Waals surface area contributed by atoms with Crippen LogP contribution in [0.1, 0.15) is 33.9 Å². The van der Waals surface area contributed by atoms with E-state index in [4.69, 9.17) is 0 Å². The number of carbonyl (C=O) groups excluding carboxylic acids is 1. The zero-order valence-electron chi connectivity index (χ0n) is 13.1. The van der Waals surface area contributed by atoms with Crippen molar-refractivity contribution >= 4 is 16.8 Å². The van der Waals surface area contributed by atoms with E-state index in [9.17, 15) is 4.79 Å². The molecule has 1 aliphatic carbocycles. The topological polar surface area (TPSA) is 33.2 Å². The van der Waals surface area contributed by atoms with Crippen molar-refractivity contribution in [3.8, 4) is 0 Å². The number of nitrogens with zero attached hydrogens (tertiary/aromatic N) is 2. The molecular weight excluding hydrogens is 284 g/mol. The van der Waals surface area contributed by atoms with Crippen LogP contribution < -0.4 is 0 Å². The minimum Gasteiger partial charge on any atom is -0.335 e. The Morgan fingerprint density at radius 3 is 2.78 bits per heavy atom. The summed E-state index contributed by atoms with van der Waals surface area (Å²) in [6.45, 7) is 0. The van der Waals surface area contributed by atoms with Gasteiger partial charge in [-0.3, -0.25) is 9.78 Å². The van der Waals surface area contributed by atoms with Gasteiger partial charge in [-0.1, -0.05) is 42.5 Å². The second-order valence-corrected chi connectivity index (χ2v) is 6.05. The molecule has 0 spiro atoms. The maximum atomic E-state index is 13.1. The van der Waals surface area contributed by atoms with Crippen LogP contribution in [0.2, 0.25) is 0 Å². The minimum atomic E-state index is 0.0605. The van der Waals surface area contributed by atoms with Gasteiger partial charge in [-0.2, -0.15) is 0 Å². The summed E-state index contributed by atoms with van der Waals surface area (Å²) in [6, 6.07) is 18.2. The molecule has 114 valence electrons. The van der Waals surface area contributed by atoms with Crippen molar-refractivity contribution in [2.75, 3.05) is 7.05 Å². The SMILES string of the molecule is CN(C(=O)c1ccnc2ccccc12)C1CCc2ccccc21. The zero-order chi connectivity index (χ0) is 15.8.